The van der Waals surface area contributed by atoms with Gasteiger partial charge in [-0.25, -0.2) is 9.13 Å². The third kappa shape index (κ3) is 7.08. The zero-order valence-corrected chi connectivity index (χ0v) is 9.38. The van der Waals surface area contributed by atoms with Gasteiger partial charge in [-0.15, -0.1) is 6.01 Å². The summed E-state index contributed by atoms with van der Waals surface area (Å²) in [5.41, 5.74) is 0. The second-order valence-electron chi connectivity index (χ2n) is 2.77. The number of aromatic nitrogens is 2. The van der Waals surface area contributed by atoms with Gasteiger partial charge in [0.05, 0.1) is 13.2 Å². The Morgan fingerprint density at radius 3 is 2.62 bits per heavy atom. The second kappa shape index (κ2) is 9.21. The minimum atomic E-state index is 0.800. The Bertz CT molecular complexity index is 449. The van der Waals surface area contributed by atoms with E-state index < -0.39 is 0 Å². The molecule has 1 aromatic rings. The smallest absolute Gasteiger partial charge is 0.244 e. The van der Waals surface area contributed by atoms with Gasteiger partial charge in [0.15, 0.2) is 6.54 Å². The second-order valence-corrected chi connectivity index (χ2v) is 2.77. The fourth-order valence-electron chi connectivity index (χ4n) is 0.890. The molecule has 5 heteroatoms. The lowest BCUT2D eigenvalue weighted by atomic mass is 10.5. The molecule has 0 spiro atoms. The van der Waals surface area contributed by atoms with Crippen LogP contribution in [-0.4, -0.2) is 10.6 Å². The zero-order chi connectivity index (χ0) is 12.2. The lowest BCUT2D eigenvalue weighted by molar-refractivity contribution is -0.671. The predicted octanol–water partition coefficient (Wildman–Crippen LogP) is 0.937. The number of nitrogens with zero attached hydrogens (tertiary/aromatic N) is 5. The van der Waals surface area contributed by atoms with Crippen molar-refractivity contribution in [2.75, 3.05) is 0 Å². The number of aryl methyl sites for hydroxylation is 1. The summed E-state index contributed by atoms with van der Waals surface area (Å²) in [5, 5.41) is 14.9. The molecule has 0 saturated heterocycles. The van der Waals surface area contributed by atoms with Crippen LogP contribution in [0.3, 0.4) is 0 Å². The first kappa shape index (κ1) is 13.6. The maximum Gasteiger partial charge on any atom is 0.244 e. The Morgan fingerprint density at radius 1 is 1.50 bits per heavy atom. The summed E-state index contributed by atoms with van der Waals surface area (Å²) in [7, 11) is 2.00. The van der Waals surface area contributed by atoms with Crippen molar-refractivity contribution < 1.29 is 4.57 Å². The van der Waals surface area contributed by atoms with E-state index in [0.717, 1.165) is 13.0 Å². The molecule has 0 aliphatic carbocycles. The first-order valence-corrected chi connectivity index (χ1v) is 4.69. The molecular weight excluding hydrogens is 202 g/mol. The average molecular weight is 215 g/mol. The molecule has 0 aromatic carbocycles. The topological polar surface area (TPSA) is 67.3 Å². The first-order valence-electron chi connectivity index (χ1n) is 4.69. The van der Waals surface area contributed by atoms with Crippen molar-refractivity contribution in [1.82, 2.24) is 4.57 Å². The van der Waals surface area contributed by atoms with Gasteiger partial charge in [-0.2, -0.15) is 5.26 Å². The van der Waals surface area contributed by atoms with Gasteiger partial charge in [-0.05, 0) is 0 Å². The molecule has 0 N–H and O–H groups in total. The molecule has 1 rings (SSSR count). The maximum absolute atomic E-state index is 7.43. The highest BCUT2D eigenvalue weighted by Gasteiger charge is 1.94. The Kier molecular flexibility index (Phi) is 7.85. The predicted molar refractivity (Wildman–Crippen MR) is 60.1 cm³/mol. The largest absolute Gasteiger partial charge is 0.422 e. The van der Waals surface area contributed by atoms with Gasteiger partial charge in [0, 0.05) is 6.42 Å². The fraction of sp³-hybridized carbons (Fsp3) is 0.364. The van der Waals surface area contributed by atoms with Crippen LogP contribution in [0, 0.1) is 23.3 Å². The molecule has 16 heavy (non-hydrogen) atoms. The maximum atomic E-state index is 7.43. The van der Waals surface area contributed by atoms with Crippen LogP contribution in [0.1, 0.15) is 13.3 Å². The van der Waals surface area contributed by atoms with Crippen LogP contribution in [0.4, 0.5) is 0 Å². The number of rotatable bonds is 1. The highest BCUT2D eigenvalue weighted by molar-refractivity contribution is 5.46. The Morgan fingerprint density at radius 2 is 2.25 bits per heavy atom. The van der Waals surface area contributed by atoms with E-state index in [9.17, 15) is 0 Å². The summed E-state index contributed by atoms with van der Waals surface area (Å²) in [6.45, 7) is 2.86. The zero-order valence-electron chi connectivity index (χ0n) is 9.38. The van der Waals surface area contributed by atoms with Gasteiger partial charge < -0.3 is 10.4 Å². The van der Waals surface area contributed by atoms with Gasteiger partial charge in [0.2, 0.25) is 6.33 Å². The molecule has 0 unspecified atom stereocenters. The van der Waals surface area contributed by atoms with E-state index >= 15 is 0 Å². The van der Waals surface area contributed by atoms with Crippen LogP contribution >= 0.6 is 0 Å². The fourth-order valence-corrected chi connectivity index (χ4v) is 0.890. The molecule has 5 nitrogen and oxygen atoms in total. The summed E-state index contributed by atoms with van der Waals surface area (Å²) >= 11 is 0. The summed E-state index contributed by atoms with van der Waals surface area (Å²) in [4.78, 5) is 2.58. The Balaban J connectivity index is 0.000000385. The van der Waals surface area contributed by atoms with Gasteiger partial charge in [-0.3, -0.25) is 0 Å². The van der Waals surface area contributed by atoms with E-state index in [-0.39, 0.29) is 0 Å². The monoisotopic (exact) mass is 215 g/mol. The molecular formula is C11H13N5. The summed E-state index contributed by atoms with van der Waals surface area (Å²) in [6, 6.07) is 1.28. The van der Waals surface area contributed by atoms with Gasteiger partial charge >= 0.3 is 0 Å². The molecule has 0 saturated carbocycles. The van der Waals surface area contributed by atoms with Gasteiger partial charge in [0.25, 0.3) is 0 Å². The van der Waals surface area contributed by atoms with Crippen molar-refractivity contribution in [3.63, 3.8) is 0 Å². The molecule has 0 bridgehead atoms. The number of aliphatic imine (C=N–C) groups is 1. The number of hydrogen-bond acceptors (Lipinski definition) is 2. The molecule has 1 heterocycles. The minimum absolute atomic E-state index is 0.800. The van der Waals surface area contributed by atoms with Crippen molar-refractivity contribution in [1.29, 1.82) is 5.26 Å². The van der Waals surface area contributed by atoms with Crippen LogP contribution in [0.2, 0.25) is 0 Å². The highest BCUT2D eigenvalue weighted by atomic mass is 15.1. The van der Waals surface area contributed by atoms with E-state index in [4.69, 9.17) is 10.7 Å². The Labute approximate surface area is 95.2 Å². The summed E-state index contributed by atoms with van der Waals surface area (Å²) < 4.78 is 4.07. The highest BCUT2D eigenvalue weighted by Crippen LogP contribution is 1.81. The van der Waals surface area contributed by atoms with E-state index in [1.54, 1.807) is 0 Å². The number of hydrogen-bond donors (Lipinski definition) is 0. The van der Waals surface area contributed by atoms with Crippen LogP contribution in [0.25, 0.3) is 5.41 Å². The van der Waals surface area contributed by atoms with Crippen molar-refractivity contribution in [3.8, 4) is 18.0 Å². The molecule has 1 aromatic heterocycles. The van der Waals surface area contributed by atoms with Crippen molar-refractivity contribution in [2.24, 2.45) is 12.0 Å². The first-order chi connectivity index (χ1) is 7.74. The third-order valence-corrected chi connectivity index (χ3v) is 1.49. The molecule has 0 amide bonds. The molecule has 0 radical (unpaired) electrons. The van der Waals surface area contributed by atoms with E-state index in [1.807, 2.05) is 30.3 Å². The quantitative estimate of drug-likeness (QED) is 0.297. The SMILES string of the molecule is CCC#CCn1cc[n+](C)c1.N#CN=C=[N-]. The summed E-state index contributed by atoms with van der Waals surface area (Å²) in [6.07, 6.45) is 8.26. The lowest BCUT2D eigenvalue weighted by Gasteiger charge is -1.82. The van der Waals surface area contributed by atoms with Gasteiger partial charge in [0.1, 0.15) is 12.4 Å². The number of nitriles is 1. The van der Waals surface area contributed by atoms with Gasteiger partial charge in [-0.1, -0.05) is 18.8 Å². The molecule has 0 aliphatic heterocycles. The molecule has 0 atom stereocenters. The van der Waals surface area contributed by atoms with Crippen LogP contribution in [0.15, 0.2) is 23.7 Å². The number of imidazole rings is 1. The van der Waals surface area contributed by atoms with E-state index in [1.165, 1.54) is 12.2 Å². The minimum Gasteiger partial charge on any atom is -0.422 e. The van der Waals surface area contributed by atoms with Crippen LogP contribution in [0.5, 0.6) is 0 Å². The Hall–Kier alpha value is -2.36. The average Bonchev–Trinajstić information content (AvgIpc) is 2.67. The van der Waals surface area contributed by atoms with Crippen LogP contribution < -0.4 is 4.57 Å². The lowest BCUT2D eigenvalue weighted by Crippen LogP contribution is -2.23. The molecule has 0 aliphatic rings. The standard InChI is InChI=1S/C9H13N2.C2N3/c1-3-4-5-6-11-8-7-10(2)9-11;3-1-5-2-4/h7-9H,3,6H2,1-2H3;/q+1;-1. The van der Waals surface area contributed by atoms with Crippen LogP contribution in [-0.2, 0) is 13.6 Å². The molecule has 82 valence electrons. The van der Waals surface area contributed by atoms with Crippen molar-refractivity contribution in [2.45, 2.75) is 19.9 Å². The third-order valence-electron chi connectivity index (χ3n) is 1.49. The van der Waals surface area contributed by atoms with E-state index in [2.05, 4.69) is 28.3 Å². The van der Waals surface area contributed by atoms with E-state index in [0.29, 0.717) is 0 Å². The summed E-state index contributed by atoms with van der Waals surface area (Å²) in [5.74, 6) is 6.09. The molecule has 0 fully saturated rings. The van der Waals surface area contributed by atoms with Crippen molar-refractivity contribution in [3.05, 3.63) is 24.1 Å². The normalized spacial score (nSPS) is 7.31. The van der Waals surface area contributed by atoms with Crippen molar-refractivity contribution >= 4 is 6.01 Å².